The molecule has 2 aromatic carbocycles. The number of aldehydes is 1. The zero-order valence-electron chi connectivity index (χ0n) is 16.4. The first-order valence-electron chi connectivity index (χ1n) is 9.39. The highest BCUT2D eigenvalue weighted by atomic mass is 127. The molecule has 0 aliphatic carbocycles. The van der Waals surface area contributed by atoms with Crippen molar-refractivity contribution in [3.05, 3.63) is 57.6 Å². The highest BCUT2D eigenvalue weighted by Gasteiger charge is 2.41. The number of quaternary nitrogens is 1. The molecule has 0 fully saturated rings. The van der Waals surface area contributed by atoms with Crippen molar-refractivity contribution in [3.8, 4) is 11.5 Å². The fourth-order valence-corrected chi connectivity index (χ4v) is 4.46. The van der Waals surface area contributed by atoms with Crippen molar-refractivity contribution in [3.63, 3.8) is 0 Å². The number of nitrogens with zero attached hydrogens (tertiary/aromatic N) is 1. The standard InChI is InChI=1S/C22H23ClNO4.HI/c1-24(2)8-7-15-10-20-22(28-13-27-20)17(12-25)21(15)19(24)11-16(26)9-14-5-3-4-6-18(14)23;/h3-6,10,12,19H,7-9,11,13H2,1-2H3;1H/q+1;/p-1. The largest absolute Gasteiger partial charge is 1.00 e. The molecule has 7 heteroatoms. The monoisotopic (exact) mass is 527 g/mol. The second-order valence-corrected chi connectivity index (χ2v) is 8.40. The molecule has 2 aromatic rings. The van der Waals surface area contributed by atoms with Crippen LogP contribution in [0.25, 0.3) is 0 Å². The molecule has 0 saturated heterocycles. The van der Waals surface area contributed by atoms with Gasteiger partial charge >= 0.3 is 0 Å². The van der Waals surface area contributed by atoms with Gasteiger partial charge in [-0.2, -0.15) is 0 Å². The summed E-state index contributed by atoms with van der Waals surface area (Å²) in [7, 11) is 4.21. The average molecular weight is 528 g/mol. The Morgan fingerprint density at radius 2 is 2.03 bits per heavy atom. The number of benzene rings is 2. The fraction of sp³-hybridized carbons (Fsp3) is 0.364. The number of rotatable bonds is 5. The van der Waals surface area contributed by atoms with E-state index in [-0.39, 0.29) is 49.0 Å². The number of Topliss-reactive ketones (excluding diaryl/α,β-unsaturated/α-hetero) is 1. The zero-order chi connectivity index (χ0) is 19.9. The number of carbonyl (C=O) groups is 2. The van der Waals surface area contributed by atoms with Crippen molar-refractivity contribution in [1.82, 2.24) is 0 Å². The Morgan fingerprint density at radius 1 is 1.28 bits per heavy atom. The van der Waals surface area contributed by atoms with Crippen LogP contribution >= 0.6 is 11.6 Å². The van der Waals surface area contributed by atoms with Crippen molar-refractivity contribution in [2.24, 2.45) is 0 Å². The van der Waals surface area contributed by atoms with Gasteiger partial charge in [0, 0.05) is 23.4 Å². The molecule has 2 heterocycles. The van der Waals surface area contributed by atoms with Crippen molar-refractivity contribution in [2.45, 2.75) is 25.3 Å². The van der Waals surface area contributed by atoms with E-state index in [9.17, 15) is 9.59 Å². The van der Waals surface area contributed by atoms with Crippen LogP contribution < -0.4 is 33.5 Å². The molecule has 2 aliphatic rings. The summed E-state index contributed by atoms with van der Waals surface area (Å²) in [6.07, 6.45) is 2.29. The Balaban J connectivity index is 0.00000240. The van der Waals surface area contributed by atoms with Gasteiger partial charge in [0.05, 0.1) is 32.6 Å². The molecular weight excluding hydrogens is 505 g/mol. The van der Waals surface area contributed by atoms with Crippen LogP contribution in [0.4, 0.5) is 0 Å². The van der Waals surface area contributed by atoms with Gasteiger partial charge in [-0.1, -0.05) is 29.8 Å². The topological polar surface area (TPSA) is 52.6 Å². The van der Waals surface area contributed by atoms with E-state index in [0.717, 1.165) is 35.9 Å². The highest BCUT2D eigenvalue weighted by Crippen LogP contribution is 2.46. The van der Waals surface area contributed by atoms with Crippen molar-refractivity contribution in [1.29, 1.82) is 0 Å². The van der Waals surface area contributed by atoms with E-state index < -0.39 is 0 Å². The lowest BCUT2D eigenvalue weighted by molar-refractivity contribution is -0.922. The van der Waals surface area contributed by atoms with Crippen molar-refractivity contribution < 1.29 is 47.5 Å². The Labute approximate surface area is 192 Å². The first-order chi connectivity index (χ1) is 13.4. The molecule has 5 nitrogen and oxygen atoms in total. The summed E-state index contributed by atoms with van der Waals surface area (Å²) in [5.74, 6) is 1.22. The molecule has 4 rings (SSSR count). The van der Waals surface area contributed by atoms with Gasteiger partial charge in [-0.3, -0.25) is 9.59 Å². The molecule has 154 valence electrons. The maximum Gasteiger partial charge on any atom is 0.231 e. The van der Waals surface area contributed by atoms with E-state index in [1.165, 1.54) is 0 Å². The van der Waals surface area contributed by atoms with Gasteiger partial charge in [-0.05, 0) is 23.3 Å². The predicted molar refractivity (Wildman–Crippen MR) is 106 cm³/mol. The number of carbonyl (C=O) groups excluding carboxylic acids is 2. The molecule has 29 heavy (non-hydrogen) atoms. The van der Waals surface area contributed by atoms with Crippen LogP contribution in [0.2, 0.25) is 5.02 Å². The van der Waals surface area contributed by atoms with Crippen LogP contribution in [0.5, 0.6) is 11.5 Å². The third-order valence-electron chi connectivity index (χ3n) is 5.85. The Morgan fingerprint density at radius 3 is 2.76 bits per heavy atom. The summed E-state index contributed by atoms with van der Waals surface area (Å²) >= 11 is 6.23. The van der Waals surface area contributed by atoms with Crippen LogP contribution in [-0.4, -0.2) is 44.0 Å². The van der Waals surface area contributed by atoms with Crippen LogP contribution in [0.3, 0.4) is 0 Å². The number of ether oxygens (including phenoxy) is 2. The van der Waals surface area contributed by atoms with Crippen LogP contribution in [-0.2, 0) is 17.6 Å². The summed E-state index contributed by atoms with van der Waals surface area (Å²) in [5.41, 5.74) is 3.34. The second-order valence-electron chi connectivity index (χ2n) is 7.99. The summed E-state index contributed by atoms with van der Waals surface area (Å²) < 4.78 is 11.7. The number of hydrogen-bond acceptors (Lipinski definition) is 4. The number of halogens is 2. The molecular formula is C22H23ClINO4. The predicted octanol–water partition coefficient (Wildman–Crippen LogP) is 0.761. The normalized spacial score (nSPS) is 18.5. The average Bonchev–Trinajstić information content (AvgIpc) is 3.12. The van der Waals surface area contributed by atoms with Crippen molar-refractivity contribution in [2.75, 3.05) is 27.4 Å². The SMILES string of the molecule is C[N+]1(C)CCc2cc3c(c(C=O)c2C1CC(=O)Cc1ccccc1Cl)OCO3.[I-]. The molecule has 0 spiro atoms. The number of hydrogen-bond donors (Lipinski definition) is 0. The smallest absolute Gasteiger partial charge is 0.231 e. The van der Waals surface area contributed by atoms with Gasteiger partial charge in [0.25, 0.3) is 0 Å². The van der Waals surface area contributed by atoms with Gasteiger partial charge in [0.2, 0.25) is 6.79 Å². The minimum Gasteiger partial charge on any atom is -1.00 e. The van der Waals surface area contributed by atoms with Crippen LogP contribution in [0.15, 0.2) is 30.3 Å². The summed E-state index contributed by atoms with van der Waals surface area (Å²) in [4.78, 5) is 24.9. The Hall–Kier alpha value is -1.64. The van der Waals surface area contributed by atoms with Crippen LogP contribution in [0, 0.1) is 0 Å². The maximum atomic E-state index is 13.0. The molecule has 0 radical (unpaired) electrons. The first-order valence-corrected chi connectivity index (χ1v) is 9.77. The summed E-state index contributed by atoms with van der Waals surface area (Å²) in [6, 6.07) is 9.26. The maximum absolute atomic E-state index is 13.0. The Bertz CT molecular complexity index is 960. The lowest BCUT2D eigenvalue weighted by Gasteiger charge is -2.43. The molecule has 0 amide bonds. The van der Waals surface area contributed by atoms with E-state index >= 15 is 0 Å². The minimum atomic E-state index is -0.117. The third kappa shape index (κ3) is 4.15. The van der Waals surface area contributed by atoms with E-state index in [2.05, 4.69) is 14.1 Å². The lowest BCUT2D eigenvalue weighted by atomic mass is 9.84. The van der Waals surface area contributed by atoms with Gasteiger partial charge in [0.1, 0.15) is 11.8 Å². The molecule has 0 saturated carbocycles. The number of likely N-dealkylation sites (N-methyl/N-ethyl adjacent to an activating group) is 1. The number of ketones is 1. The van der Waals surface area contributed by atoms with Crippen molar-refractivity contribution >= 4 is 23.7 Å². The van der Waals surface area contributed by atoms with Crippen LogP contribution in [0.1, 0.15) is 39.5 Å². The molecule has 1 unspecified atom stereocenters. The molecule has 0 aromatic heterocycles. The van der Waals surface area contributed by atoms with E-state index in [1.807, 2.05) is 24.3 Å². The zero-order valence-corrected chi connectivity index (χ0v) is 19.3. The van der Waals surface area contributed by atoms with E-state index in [4.69, 9.17) is 21.1 Å². The van der Waals surface area contributed by atoms with Gasteiger partial charge in [-0.15, -0.1) is 0 Å². The molecule has 2 aliphatic heterocycles. The minimum absolute atomic E-state index is 0. The summed E-state index contributed by atoms with van der Waals surface area (Å²) in [5, 5.41) is 0.602. The van der Waals surface area contributed by atoms with E-state index in [0.29, 0.717) is 33.0 Å². The van der Waals surface area contributed by atoms with Gasteiger partial charge in [0.15, 0.2) is 17.8 Å². The second kappa shape index (κ2) is 8.62. The summed E-state index contributed by atoms with van der Waals surface area (Å²) in [6.45, 7) is 1.00. The molecule has 0 N–H and O–H groups in total. The molecule has 0 bridgehead atoms. The first kappa shape index (κ1) is 22.1. The molecule has 1 atom stereocenters. The van der Waals surface area contributed by atoms with E-state index in [1.54, 1.807) is 6.07 Å². The Kier molecular flexibility index (Phi) is 6.55. The quantitative estimate of drug-likeness (QED) is 0.327. The van der Waals surface area contributed by atoms with Gasteiger partial charge in [-0.25, -0.2) is 0 Å². The highest BCUT2D eigenvalue weighted by molar-refractivity contribution is 6.31. The lowest BCUT2D eigenvalue weighted by Crippen LogP contribution is -3.00. The number of fused-ring (bicyclic) bond motifs is 2. The fourth-order valence-electron chi connectivity index (χ4n) is 4.26. The third-order valence-corrected chi connectivity index (χ3v) is 6.22. The van der Waals surface area contributed by atoms with Gasteiger partial charge < -0.3 is 37.9 Å².